The Morgan fingerprint density at radius 3 is 2.56 bits per heavy atom. The average Bonchev–Trinajstić information content (AvgIpc) is 3.70. The molecule has 0 atom stereocenters. The van der Waals surface area contributed by atoms with Crippen molar-refractivity contribution in [1.82, 2.24) is 30.0 Å². The number of pyridine rings is 3. The highest BCUT2D eigenvalue weighted by atomic mass is 32.1. The van der Waals surface area contributed by atoms with E-state index in [1.807, 2.05) is 36.8 Å². The Hall–Kier alpha value is -3.19. The molecule has 1 saturated carbocycles. The summed E-state index contributed by atoms with van der Waals surface area (Å²) in [6.45, 7) is 12.3. The molecule has 5 heterocycles. The first kappa shape index (κ1) is 29.9. The van der Waals surface area contributed by atoms with Crippen LogP contribution in [0.25, 0.3) is 11.0 Å². The van der Waals surface area contributed by atoms with Gasteiger partial charge in [-0.2, -0.15) is 0 Å². The van der Waals surface area contributed by atoms with E-state index in [0.717, 1.165) is 82.9 Å². The molecule has 1 N–H and O–H groups in total. The Morgan fingerprint density at radius 1 is 0.977 bits per heavy atom. The van der Waals surface area contributed by atoms with Crippen LogP contribution in [0.1, 0.15) is 36.6 Å². The summed E-state index contributed by atoms with van der Waals surface area (Å²) in [6, 6.07) is 9.33. The van der Waals surface area contributed by atoms with E-state index in [2.05, 4.69) is 68.0 Å². The molecule has 2 fully saturated rings. The Bertz CT molecular complexity index is 1510. The molecule has 12 heteroatoms. The van der Waals surface area contributed by atoms with E-state index in [1.54, 1.807) is 11.3 Å². The highest BCUT2D eigenvalue weighted by molar-refractivity contribution is 7.15. The molecular weight excluding hydrogens is 575 g/mol. The summed E-state index contributed by atoms with van der Waals surface area (Å²) in [5.74, 6) is 1.31. The van der Waals surface area contributed by atoms with Crippen LogP contribution < -0.4 is 15.1 Å². The molecule has 228 valence electrons. The SMILES string of the molecule is CN1CCN(c2cncc(Nc3cnc4ccc(N(COCC[Si](C)(C)C)c5nnc(C6CCCC6)s5)nc4c3)c2)CC1. The van der Waals surface area contributed by atoms with Gasteiger partial charge in [-0.3, -0.25) is 14.9 Å². The zero-order valence-corrected chi connectivity index (χ0v) is 27.6. The van der Waals surface area contributed by atoms with Crippen molar-refractivity contribution in [2.24, 2.45) is 0 Å². The van der Waals surface area contributed by atoms with Gasteiger partial charge in [-0.25, -0.2) is 4.98 Å². The molecule has 4 aromatic rings. The van der Waals surface area contributed by atoms with Gasteiger partial charge in [0.05, 0.1) is 46.7 Å². The van der Waals surface area contributed by atoms with Crippen LogP contribution in [0.2, 0.25) is 25.7 Å². The van der Waals surface area contributed by atoms with Crippen molar-refractivity contribution < 1.29 is 4.74 Å². The third-order valence-corrected chi connectivity index (χ3v) is 11.1. The van der Waals surface area contributed by atoms with E-state index >= 15 is 0 Å². The smallest absolute Gasteiger partial charge is 0.215 e. The van der Waals surface area contributed by atoms with E-state index < -0.39 is 8.07 Å². The van der Waals surface area contributed by atoms with Crippen molar-refractivity contribution in [3.8, 4) is 0 Å². The fourth-order valence-electron chi connectivity index (χ4n) is 5.54. The monoisotopic (exact) mass is 617 g/mol. The molecule has 0 aromatic carbocycles. The van der Waals surface area contributed by atoms with Crippen LogP contribution in [-0.2, 0) is 4.74 Å². The maximum Gasteiger partial charge on any atom is 0.215 e. The van der Waals surface area contributed by atoms with Crippen molar-refractivity contribution in [1.29, 1.82) is 0 Å². The molecule has 1 aliphatic heterocycles. The van der Waals surface area contributed by atoms with Gasteiger partial charge in [-0.15, -0.1) is 10.2 Å². The van der Waals surface area contributed by atoms with E-state index in [1.165, 1.54) is 25.7 Å². The average molecular weight is 618 g/mol. The maximum atomic E-state index is 6.22. The first-order valence-electron chi connectivity index (χ1n) is 15.4. The summed E-state index contributed by atoms with van der Waals surface area (Å²) in [7, 11) is 0.967. The molecule has 43 heavy (non-hydrogen) atoms. The Labute approximate surface area is 259 Å². The quantitative estimate of drug-likeness (QED) is 0.114. The molecule has 0 spiro atoms. The molecule has 1 saturated heterocycles. The number of ether oxygens (including phenoxy) is 1. The van der Waals surface area contributed by atoms with Crippen LogP contribution in [0.4, 0.5) is 28.0 Å². The highest BCUT2D eigenvalue weighted by Gasteiger charge is 2.24. The number of hydrogen-bond donors (Lipinski definition) is 1. The van der Waals surface area contributed by atoms with Crippen LogP contribution in [-0.4, -0.2) is 84.7 Å². The lowest BCUT2D eigenvalue weighted by Gasteiger charge is -2.33. The number of nitrogens with zero attached hydrogens (tertiary/aromatic N) is 8. The normalized spacial score (nSPS) is 16.7. The first-order valence-corrected chi connectivity index (χ1v) is 19.9. The molecule has 0 unspecified atom stereocenters. The van der Waals surface area contributed by atoms with E-state index in [0.29, 0.717) is 12.6 Å². The summed E-state index contributed by atoms with van der Waals surface area (Å²) < 4.78 is 6.22. The summed E-state index contributed by atoms with van der Waals surface area (Å²) in [6.07, 6.45) is 10.6. The van der Waals surface area contributed by atoms with Gasteiger partial charge in [0.2, 0.25) is 5.13 Å². The number of anilines is 5. The fraction of sp³-hybridized carbons (Fsp3) is 0.516. The number of rotatable bonds is 11. The van der Waals surface area contributed by atoms with Gasteiger partial charge in [0.25, 0.3) is 0 Å². The van der Waals surface area contributed by atoms with Gasteiger partial charge in [-0.05, 0) is 50.2 Å². The number of fused-ring (bicyclic) bond motifs is 1. The topological polar surface area (TPSA) is 95.4 Å². The van der Waals surface area contributed by atoms with Crippen LogP contribution >= 0.6 is 11.3 Å². The van der Waals surface area contributed by atoms with Crippen LogP contribution in [0.5, 0.6) is 0 Å². The molecule has 0 bridgehead atoms. The molecule has 10 nitrogen and oxygen atoms in total. The largest absolute Gasteiger partial charge is 0.368 e. The second-order valence-corrected chi connectivity index (χ2v) is 19.6. The van der Waals surface area contributed by atoms with Crippen molar-refractivity contribution in [2.75, 3.05) is 61.7 Å². The minimum Gasteiger partial charge on any atom is -0.368 e. The van der Waals surface area contributed by atoms with E-state index in [9.17, 15) is 0 Å². The second kappa shape index (κ2) is 13.2. The summed E-state index contributed by atoms with van der Waals surface area (Å²) >= 11 is 1.67. The maximum absolute atomic E-state index is 6.22. The molecular formula is C31H43N9OSSi. The standard InChI is InChI=1S/C31H43N9OSSi/c1-38-11-13-39(14-12-38)26-17-24(19-32-21-26)34-25-18-28-27(33-20-25)9-10-29(35-28)40(22-41-15-16-43(2,3)4)31-37-36-30(42-31)23-7-5-6-8-23/h9-10,17-21,23,34H,5-8,11-16,22H2,1-4H3. The number of likely N-dealkylation sites (N-methyl/N-ethyl adjacent to an activating group) is 1. The second-order valence-electron chi connectivity index (χ2n) is 13.0. The Morgan fingerprint density at radius 2 is 1.77 bits per heavy atom. The van der Waals surface area contributed by atoms with Crippen molar-refractivity contribution in [3.63, 3.8) is 0 Å². The Balaban J connectivity index is 1.23. The van der Waals surface area contributed by atoms with E-state index in [-0.39, 0.29) is 0 Å². The van der Waals surface area contributed by atoms with Crippen molar-refractivity contribution >= 4 is 58.5 Å². The first-order chi connectivity index (χ1) is 20.8. The van der Waals surface area contributed by atoms with Gasteiger partial charge in [-0.1, -0.05) is 43.8 Å². The summed E-state index contributed by atoms with van der Waals surface area (Å²) in [5, 5.41) is 14.7. The number of aromatic nitrogens is 5. The van der Waals surface area contributed by atoms with Gasteiger partial charge in [0.1, 0.15) is 17.6 Å². The van der Waals surface area contributed by atoms with Crippen molar-refractivity contribution in [2.45, 2.75) is 57.3 Å². The Kier molecular flexibility index (Phi) is 9.17. The highest BCUT2D eigenvalue weighted by Crippen LogP contribution is 2.38. The molecule has 4 aromatic heterocycles. The minimum atomic E-state index is -1.20. The molecule has 0 radical (unpaired) electrons. The predicted octanol–water partition coefficient (Wildman–Crippen LogP) is 6.48. The van der Waals surface area contributed by atoms with Crippen molar-refractivity contribution in [3.05, 3.63) is 47.9 Å². The van der Waals surface area contributed by atoms with Gasteiger partial charge < -0.3 is 19.9 Å². The lowest BCUT2D eigenvalue weighted by atomic mass is 10.1. The third kappa shape index (κ3) is 7.67. The lowest BCUT2D eigenvalue weighted by Crippen LogP contribution is -2.44. The van der Waals surface area contributed by atoms with Crippen LogP contribution in [0.15, 0.2) is 42.9 Å². The molecule has 0 amide bonds. The molecule has 6 rings (SSSR count). The summed E-state index contributed by atoms with van der Waals surface area (Å²) in [4.78, 5) is 21.1. The summed E-state index contributed by atoms with van der Waals surface area (Å²) in [5.41, 5.74) is 4.57. The van der Waals surface area contributed by atoms with E-state index in [4.69, 9.17) is 14.7 Å². The zero-order valence-electron chi connectivity index (χ0n) is 25.8. The van der Waals surface area contributed by atoms with Gasteiger partial charge in [0, 0.05) is 46.8 Å². The zero-order chi connectivity index (χ0) is 29.8. The van der Waals surface area contributed by atoms with Gasteiger partial charge >= 0.3 is 0 Å². The van der Waals surface area contributed by atoms with Crippen LogP contribution in [0.3, 0.4) is 0 Å². The minimum absolute atomic E-state index is 0.387. The number of nitrogens with one attached hydrogen (secondary N) is 1. The molecule has 1 aliphatic carbocycles. The van der Waals surface area contributed by atoms with Gasteiger partial charge in [0.15, 0.2) is 0 Å². The predicted molar refractivity (Wildman–Crippen MR) is 179 cm³/mol. The van der Waals surface area contributed by atoms with Crippen LogP contribution in [0, 0.1) is 0 Å². The third-order valence-electron chi connectivity index (χ3n) is 8.26. The fourth-order valence-corrected chi connectivity index (χ4v) is 7.31. The number of piperazine rings is 1. The lowest BCUT2D eigenvalue weighted by molar-refractivity contribution is 0.153. The molecule has 2 aliphatic rings. The number of hydrogen-bond acceptors (Lipinski definition) is 11.